The van der Waals surface area contributed by atoms with E-state index in [1.165, 1.54) is 0 Å². The molecule has 0 rings (SSSR count). The third kappa shape index (κ3) is 3.85. The lowest BCUT2D eigenvalue weighted by Gasteiger charge is -2.24. The lowest BCUT2D eigenvalue weighted by molar-refractivity contribution is 0.226. The number of rotatable bonds is 4. The second kappa shape index (κ2) is 4.69. The van der Waals surface area contributed by atoms with E-state index in [1.807, 2.05) is 0 Å². The molecule has 2 nitrogen and oxygen atoms in total. The third-order valence-corrected chi connectivity index (χ3v) is 2.00. The molecule has 0 aliphatic heterocycles. The van der Waals surface area contributed by atoms with Crippen LogP contribution in [0.15, 0.2) is 0 Å². The first-order chi connectivity index (χ1) is 4.57. The van der Waals surface area contributed by atoms with Crippen molar-refractivity contribution in [2.24, 2.45) is 0 Å². The van der Waals surface area contributed by atoms with Gasteiger partial charge in [0.15, 0.2) is 0 Å². The minimum atomic E-state index is 0.657. The average Bonchev–Trinajstić information content (AvgIpc) is 1.87. The van der Waals surface area contributed by atoms with Crippen LogP contribution in [0.25, 0.3) is 0 Å². The minimum absolute atomic E-state index is 0.657. The summed E-state index contributed by atoms with van der Waals surface area (Å²) in [5, 5.41) is 0. The molecule has 0 radical (unpaired) electrons. The lowest BCUT2D eigenvalue weighted by Crippen LogP contribution is -2.36. The first kappa shape index (κ1) is 9.92. The molecule has 0 saturated heterocycles. The molecule has 0 aliphatic carbocycles. The van der Waals surface area contributed by atoms with Gasteiger partial charge in [-0.15, -0.1) is 0 Å². The Morgan fingerprint density at radius 2 is 1.70 bits per heavy atom. The Morgan fingerprint density at radius 1 is 1.20 bits per heavy atom. The van der Waals surface area contributed by atoms with E-state index < -0.39 is 0 Å². The van der Waals surface area contributed by atoms with Gasteiger partial charge in [-0.1, -0.05) is 6.92 Å². The molecular formula is C8H20N2. The van der Waals surface area contributed by atoms with Gasteiger partial charge in [0, 0.05) is 12.6 Å². The van der Waals surface area contributed by atoms with E-state index in [9.17, 15) is 0 Å². The Morgan fingerprint density at radius 3 is 2.00 bits per heavy atom. The molecule has 0 saturated carbocycles. The van der Waals surface area contributed by atoms with E-state index in [0.717, 1.165) is 13.1 Å². The Kier molecular flexibility index (Phi) is 4.65. The molecule has 62 valence electrons. The highest BCUT2D eigenvalue weighted by Gasteiger charge is 2.05. The molecule has 0 spiro atoms. The predicted molar refractivity (Wildman–Crippen MR) is 46.3 cm³/mol. The Labute approximate surface area is 64.8 Å². The van der Waals surface area contributed by atoms with Crippen molar-refractivity contribution in [1.29, 1.82) is 0 Å². The molecular weight excluding hydrogens is 124 g/mol. The summed E-state index contributed by atoms with van der Waals surface area (Å²) in [5.74, 6) is 0. The molecule has 0 aliphatic rings. The van der Waals surface area contributed by atoms with Crippen LogP contribution in [-0.4, -0.2) is 50.1 Å². The smallest absolute Gasteiger partial charge is 0.0188 e. The predicted octanol–water partition coefficient (Wildman–Crippen LogP) is 0.888. The van der Waals surface area contributed by atoms with E-state index in [0.29, 0.717) is 6.04 Å². The summed E-state index contributed by atoms with van der Waals surface area (Å²) in [4.78, 5) is 4.57. The van der Waals surface area contributed by atoms with Crippen molar-refractivity contribution < 1.29 is 0 Å². The molecule has 0 fully saturated rings. The quantitative estimate of drug-likeness (QED) is 0.578. The first-order valence-electron chi connectivity index (χ1n) is 3.93. The Bertz CT molecular complexity index is 81.3. The van der Waals surface area contributed by atoms with Crippen LogP contribution in [0, 0.1) is 0 Å². The highest BCUT2D eigenvalue weighted by atomic mass is 15.2. The fourth-order valence-electron chi connectivity index (χ4n) is 0.743. The monoisotopic (exact) mass is 144 g/mol. The summed E-state index contributed by atoms with van der Waals surface area (Å²) in [5.41, 5.74) is 0. The van der Waals surface area contributed by atoms with E-state index in [4.69, 9.17) is 0 Å². The maximum Gasteiger partial charge on any atom is 0.0188 e. The summed E-state index contributed by atoms with van der Waals surface area (Å²) >= 11 is 0. The molecule has 0 N–H and O–H groups in total. The summed E-state index contributed by atoms with van der Waals surface area (Å²) in [7, 11) is 6.39. The summed E-state index contributed by atoms with van der Waals surface area (Å²) in [6.45, 7) is 6.72. The normalized spacial score (nSPS) is 14.7. The van der Waals surface area contributed by atoms with Gasteiger partial charge in [0.2, 0.25) is 0 Å². The van der Waals surface area contributed by atoms with Gasteiger partial charge < -0.3 is 9.80 Å². The van der Waals surface area contributed by atoms with Crippen LogP contribution in [0.3, 0.4) is 0 Å². The van der Waals surface area contributed by atoms with Crippen molar-refractivity contribution in [3.8, 4) is 0 Å². The molecule has 0 aromatic carbocycles. The van der Waals surface area contributed by atoms with E-state index in [1.54, 1.807) is 0 Å². The molecule has 1 atom stereocenters. The van der Waals surface area contributed by atoms with Crippen molar-refractivity contribution in [2.75, 3.05) is 34.2 Å². The van der Waals surface area contributed by atoms with Gasteiger partial charge in [0.05, 0.1) is 0 Å². The van der Waals surface area contributed by atoms with Crippen molar-refractivity contribution >= 4 is 0 Å². The van der Waals surface area contributed by atoms with Gasteiger partial charge >= 0.3 is 0 Å². The highest BCUT2D eigenvalue weighted by Crippen LogP contribution is 1.93. The van der Waals surface area contributed by atoms with Crippen molar-refractivity contribution in [3.63, 3.8) is 0 Å². The van der Waals surface area contributed by atoms with Gasteiger partial charge in [-0.25, -0.2) is 0 Å². The minimum Gasteiger partial charge on any atom is -0.305 e. The van der Waals surface area contributed by atoms with Gasteiger partial charge in [0.1, 0.15) is 0 Å². The van der Waals surface area contributed by atoms with Gasteiger partial charge in [-0.2, -0.15) is 0 Å². The number of hydrogen-bond donors (Lipinski definition) is 0. The molecule has 2 heteroatoms. The van der Waals surface area contributed by atoms with Crippen LogP contribution in [-0.2, 0) is 0 Å². The fourth-order valence-corrected chi connectivity index (χ4v) is 0.743. The van der Waals surface area contributed by atoms with Crippen LogP contribution >= 0.6 is 0 Å². The molecule has 0 amide bonds. The van der Waals surface area contributed by atoms with Crippen LogP contribution in [0.4, 0.5) is 0 Å². The molecule has 10 heavy (non-hydrogen) atoms. The largest absolute Gasteiger partial charge is 0.305 e. The zero-order valence-electron chi connectivity index (χ0n) is 7.89. The standard InChI is InChI=1S/C8H20N2/c1-6-10(5)7-8(2)9(3)4/h8H,6-7H2,1-5H3/t8-/m0/s1. The van der Waals surface area contributed by atoms with Gasteiger partial charge in [0.25, 0.3) is 0 Å². The van der Waals surface area contributed by atoms with Crippen LogP contribution in [0.2, 0.25) is 0 Å². The number of nitrogens with zero attached hydrogens (tertiary/aromatic N) is 2. The Hall–Kier alpha value is -0.0800. The van der Waals surface area contributed by atoms with Gasteiger partial charge in [-0.3, -0.25) is 0 Å². The van der Waals surface area contributed by atoms with Crippen LogP contribution in [0.5, 0.6) is 0 Å². The molecule has 0 aromatic heterocycles. The van der Waals surface area contributed by atoms with Gasteiger partial charge in [-0.05, 0) is 34.6 Å². The van der Waals surface area contributed by atoms with Crippen molar-refractivity contribution in [3.05, 3.63) is 0 Å². The van der Waals surface area contributed by atoms with E-state index in [-0.39, 0.29) is 0 Å². The SMILES string of the molecule is CCN(C)C[C@H](C)N(C)C. The van der Waals surface area contributed by atoms with Crippen LogP contribution in [0.1, 0.15) is 13.8 Å². The van der Waals surface area contributed by atoms with Crippen molar-refractivity contribution in [2.45, 2.75) is 19.9 Å². The summed E-state index contributed by atoms with van der Waals surface area (Å²) in [6, 6.07) is 0.657. The lowest BCUT2D eigenvalue weighted by atomic mass is 10.3. The zero-order valence-corrected chi connectivity index (χ0v) is 7.89. The summed E-state index contributed by atoms with van der Waals surface area (Å²) < 4.78 is 0. The maximum atomic E-state index is 2.32. The maximum absolute atomic E-state index is 2.32. The average molecular weight is 144 g/mol. The molecule has 0 unspecified atom stereocenters. The number of hydrogen-bond acceptors (Lipinski definition) is 2. The van der Waals surface area contributed by atoms with E-state index in [2.05, 4.69) is 44.8 Å². The molecule has 0 aromatic rings. The topological polar surface area (TPSA) is 6.48 Å². The van der Waals surface area contributed by atoms with Crippen molar-refractivity contribution in [1.82, 2.24) is 9.80 Å². The second-order valence-corrected chi connectivity index (χ2v) is 3.17. The first-order valence-corrected chi connectivity index (χ1v) is 3.93. The Balaban J connectivity index is 3.46. The highest BCUT2D eigenvalue weighted by molar-refractivity contribution is 4.62. The van der Waals surface area contributed by atoms with E-state index >= 15 is 0 Å². The second-order valence-electron chi connectivity index (χ2n) is 3.17. The fraction of sp³-hybridized carbons (Fsp3) is 1.00. The zero-order chi connectivity index (χ0) is 8.15. The third-order valence-electron chi connectivity index (χ3n) is 2.00. The summed E-state index contributed by atoms with van der Waals surface area (Å²) in [6.07, 6.45) is 0. The van der Waals surface area contributed by atoms with Crippen LogP contribution < -0.4 is 0 Å². The molecule has 0 heterocycles. The molecule has 0 bridgehead atoms. The number of likely N-dealkylation sites (N-methyl/N-ethyl adjacent to an activating group) is 2.